The van der Waals surface area contributed by atoms with Gasteiger partial charge in [-0.1, -0.05) is 45.0 Å². The summed E-state index contributed by atoms with van der Waals surface area (Å²) in [5, 5.41) is 23.2. The Morgan fingerprint density at radius 2 is 1.60 bits per heavy atom. The molecule has 3 heteroatoms. The van der Waals surface area contributed by atoms with Gasteiger partial charge in [0.25, 0.3) is 0 Å². The molecule has 1 aromatic rings. The number of rotatable bonds is 7. The summed E-state index contributed by atoms with van der Waals surface area (Å²) in [4.78, 5) is 0. The zero-order valence-corrected chi connectivity index (χ0v) is 13.4. The van der Waals surface area contributed by atoms with E-state index < -0.39 is 6.10 Å². The molecule has 0 radical (unpaired) electrons. The van der Waals surface area contributed by atoms with Gasteiger partial charge in [-0.2, -0.15) is 0 Å². The van der Waals surface area contributed by atoms with Crippen LogP contribution >= 0.6 is 0 Å². The van der Waals surface area contributed by atoms with Crippen molar-refractivity contribution in [3.05, 3.63) is 35.4 Å². The Kier molecular flexibility index (Phi) is 6.18. The van der Waals surface area contributed by atoms with Crippen LogP contribution in [0.5, 0.6) is 0 Å². The lowest BCUT2D eigenvalue weighted by molar-refractivity contribution is 0.0899. The highest BCUT2D eigenvalue weighted by Gasteiger charge is 2.26. The van der Waals surface area contributed by atoms with Crippen molar-refractivity contribution in [1.29, 1.82) is 0 Å². The fraction of sp³-hybridized carbons (Fsp3) is 0.647. The Morgan fingerprint density at radius 1 is 1.10 bits per heavy atom. The van der Waals surface area contributed by atoms with Crippen LogP contribution in [0.15, 0.2) is 24.3 Å². The minimum Gasteiger partial charge on any atom is -0.394 e. The molecule has 0 heterocycles. The largest absolute Gasteiger partial charge is 0.394 e. The lowest BCUT2D eigenvalue weighted by Crippen LogP contribution is -2.50. The van der Waals surface area contributed by atoms with Gasteiger partial charge in [-0.05, 0) is 37.3 Å². The number of nitrogens with one attached hydrogen (secondary N) is 1. The van der Waals surface area contributed by atoms with E-state index in [9.17, 15) is 10.2 Å². The number of hydrogen-bond acceptors (Lipinski definition) is 3. The first kappa shape index (κ1) is 17.2. The van der Waals surface area contributed by atoms with Crippen molar-refractivity contribution in [3.8, 4) is 0 Å². The first-order valence-corrected chi connectivity index (χ1v) is 7.47. The molecule has 3 N–H and O–H groups in total. The lowest BCUT2D eigenvalue weighted by Gasteiger charge is -2.32. The van der Waals surface area contributed by atoms with Crippen molar-refractivity contribution < 1.29 is 10.2 Å². The van der Waals surface area contributed by atoms with E-state index in [1.807, 2.05) is 32.9 Å². The van der Waals surface area contributed by atoms with Crippen molar-refractivity contribution in [1.82, 2.24) is 5.32 Å². The second-order valence-corrected chi connectivity index (χ2v) is 6.47. The van der Waals surface area contributed by atoms with E-state index in [2.05, 4.69) is 31.3 Å². The van der Waals surface area contributed by atoms with Crippen LogP contribution < -0.4 is 5.32 Å². The maximum Gasteiger partial charge on any atom is 0.0943 e. The van der Waals surface area contributed by atoms with Crippen LogP contribution in [0, 0.1) is 0 Å². The predicted molar refractivity (Wildman–Crippen MR) is 83.9 cm³/mol. The SMILES string of the molecule is CCC(NC(C)(C)CO)C(O)c1ccc(C(C)C)cc1. The summed E-state index contributed by atoms with van der Waals surface area (Å²) in [6.45, 7) is 10.3. The molecule has 0 saturated heterocycles. The standard InChI is InChI=1S/C17H29NO2/c1-6-15(18-17(4,5)11-19)16(20)14-9-7-13(8-10-14)12(2)3/h7-10,12,15-16,18-20H,6,11H2,1-5H3. The summed E-state index contributed by atoms with van der Waals surface area (Å²) in [7, 11) is 0. The highest BCUT2D eigenvalue weighted by atomic mass is 16.3. The third-order valence-electron chi connectivity index (χ3n) is 3.74. The van der Waals surface area contributed by atoms with Gasteiger partial charge in [0, 0.05) is 11.6 Å². The minimum absolute atomic E-state index is 0.0442. The zero-order valence-electron chi connectivity index (χ0n) is 13.4. The molecule has 3 nitrogen and oxygen atoms in total. The molecule has 0 aliphatic rings. The van der Waals surface area contributed by atoms with E-state index in [0.717, 1.165) is 12.0 Å². The summed E-state index contributed by atoms with van der Waals surface area (Å²) in [6.07, 6.45) is 0.239. The maximum absolute atomic E-state index is 10.5. The summed E-state index contributed by atoms with van der Waals surface area (Å²) < 4.78 is 0. The maximum atomic E-state index is 10.5. The van der Waals surface area contributed by atoms with Crippen molar-refractivity contribution in [2.45, 2.75) is 64.6 Å². The lowest BCUT2D eigenvalue weighted by atomic mass is 9.94. The number of hydrogen-bond donors (Lipinski definition) is 3. The van der Waals surface area contributed by atoms with E-state index in [-0.39, 0.29) is 18.2 Å². The van der Waals surface area contributed by atoms with E-state index in [0.29, 0.717) is 5.92 Å². The first-order valence-electron chi connectivity index (χ1n) is 7.47. The summed E-state index contributed by atoms with van der Waals surface area (Å²) >= 11 is 0. The Hall–Kier alpha value is -0.900. The van der Waals surface area contributed by atoms with E-state index in [1.165, 1.54) is 5.56 Å². The molecule has 1 aromatic carbocycles. The van der Waals surface area contributed by atoms with Crippen molar-refractivity contribution >= 4 is 0 Å². The molecule has 0 bridgehead atoms. The molecule has 0 fully saturated rings. The van der Waals surface area contributed by atoms with Crippen molar-refractivity contribution in [2.75, 3.05) is 6.61 Å². The fourth-order valence-corrected chi connectivity index (χ4v) is 2.26. The first-order chi connectivity index (χ1) is 9.30. The average Bonchev–Trinajstić information content (AvgIpc) is 2.44. The van der Waals surface area contributed by atoms with Crippen molar-refractivity contribution in [3.63, 3.8) is 0 Å². The zero-order chi connectivity index (χ0) is 15.3. The van der Waals surface area contributed by atoms with E-state index in [1.54, 1.807) is 0 Å². The number of benzene rings is 1. The number of aliphatic hydroxyl groups excluding tert-OH is 2. The van der Waals surface area contributed by atoms with Crippen LogP contribution in [0.4, 0.5) is 0 Å². The molecule has 2 unspecified atom stereocenters. The molecule has 1 rings (SSSR count). The third-order valence-corrected chi connectivity index (χ3v) is 3.74. The van der Waals surface area contributed by atoms with Gasteiger partial charge >= 0.3 is 0 Å². The molecule has 0 spiro atoms. The van der Waals surface area contributed by atoms with Crippen LogP contribution in [-0.2, 0) is 0 Å². The number of aliphatic hydroxyl groups is 2. The molecule has 2 atom stereocenters. The second kappa shape index (κ2) is 7.21. The topological polar surface area (TPSA) is 52.5 Å². The molecule has 0 aromatic heterocycles. The molecule has 0 saturated carbocycles. The predicted octanol–water partition coefficient (Wildman–Crippen LogP) is 2.98. The van der Waals surface area contributed by atoms with Gasteiger partial charge in [-0.25, -0.2) is 0 Å². The average molecular weight is 279 g/mol. The normalized spacial score (nSPS) is 15.4. The van der Waals surface area contributed by atoms with Crippen LogP contribution in [0.1, 0.15) is 64.2 Å². The van der Waals surface area contributed by atoms with E-state index >= 15 is 0 Å². The Morgan fingerprint density at radius 3 is 2.00 bits per heavy atom. The van der Waals surface area contributed by atoms with E-state index in [4.69, 9.17) is 0 Å². The quantitative estimate of drug-likeness (QED) is 0.719. The van der Waals surface area contributed by atoms with Gasteiger partial charge in [-0.3, -0.25) is 0 Å². The Labute approximate surface area is 123 Å². The monoisotopic (exact) mass is 279 g/mol. The Bertz CT molecular complexity index is 398. The highest BCUT2D eigenvalue weighted by molar-refractivity contribution is 5.27. The molecule has 20 heavy (non-hydrogen) atoms. The fourth-order valence-electron chi connectivity index (χ4n) is 2.26. The van der Waals surface area contributed by atoms with Gasteiger partial charge in [0.1, 0.15) is 0 Å². The van der Waals surface area contributed by atoms with Gasteiger partial charge in [0.2, 0.25) is 0 Å². The van der Waals surface area contributed by atoms with Gasteiger partial charge < -0.3 is 15.5 Å². The van der Waals surface area contributed by atoms with Gasteiger partial charge in [0.15, 0.2) is 0 Å². The second-order valence-electron chi connectivity index (χ2n) is 6.47. The summed E-state index contributed by atoms with van der Waals surface area (Å²) in [6, 6.07) is 8.08. The minimum atomic E-state index is -0.563. The van der Waals surface area contributed by atoms with Crippen molar-refractivity contribution in [2.24, 2.45) is 0 Å². The molecular weight excluding hydrogens is 250 g/mol. The van der Waals surface area contributed by atoms with Crippen LogP contribution in [-0.4, -0.2) is 28.4 Å². The Balaban J connectivity index is 2.82. The van der Waals surface area contributed by atoms with Crippen LogP contribution in [0.2, 0.25) is 0 Å². The molecule has 0 amide bonds. The summed E-state index contributed by atoms with van der Waals surface area (Å²) in [5.41, 5.74) is 1.81. The van der Waals surface area contributed by atoms with Crippen LogP contribution in [0.25, 0.3) is 0 Å². The third kappa shape index (κ3) is 4.58. The molecule has 0 aliphatic heterocycles. The highest BCUT2D eigenvalue weighted by Crippen LogP contribution is 2.23. The van der Waals surface area contributed by atoms with Gasteiger partial charge in [-0.15, -0.1) is 0 Å². The molecule has 0 aliphatic carbocycles. The molecular formula is C17H29NO2. The molecule has 114 valence electrons. The van der Waals surface area contributed by atoms with Gasteiger partial charge in [0.05, 0.1) is 12.7 Å². The smallest absolute Gasteiger partial charge is 0.0943 e. The van der Waals surface area contributed by atoms with Crippen LogP contribution in [0.3, 0.4) is 0 Å². The summed E-state index contributed by atoms with van der Waals surface area (Å²) in [5.74, 6) is 0.495.